The lowest BCUT2D eigenvalue weighted by Gasteiger charge is -2.41. The molecule has 0 saturated carbocycles. The van der Waals surface area contributed by atoms with Crippen LogP contribution in [0.15, 0.2) is 134 Å². The van der Waals surface area contributed by atoms with Gasteiger partial charge in [0.15, 0.2) is 5.78 Å². The van der Waals surface area contributed by atoms with Gasteiger partial charge >= 0.3 is 11.4 Å². The van der Waals surface area contributed by atoms with Crippen LogP contribution in [0.1, 0.15) is 38.2 Å². The molecule has 228 valence electrons. The highest BCUT2D eigenvalue weighted by atomic mass is 16.6. The zero-order valence-electron chi connectivity index (χ0n) is 24.3. The first kappa shape index (κ1) is 29.0. The van der Waals surface area contributed by atoms with Crippen molar-refractivity contribution >= 4 is 17.2 Å². The number of hydrogen-bond acceptors (Lipinski definition) is 9. The largest absolute Gasteiger partial charge is 0.448 e. The van der Waals surface area contributed by atoms with E-state index >= 15 is 0 Å². The molecule has 0 spiro atoms. The number of ether oxygens (including phenoxy) is 2. The highest BCUT2D eigenvalue weighted by Crippen LogP contribution is 2.51. The summed E-state index contributed by atoms with van der Waals surface area (Å²) in [7, 11) is 0. The van der Waals surface area contributed by atoms with E-state index in [2.05, 4.69) is 9.97 Å². The number of fused-ring (bicyclic) bond motifs is 2. The van der Waals surface area contributed by atoms with Crippen LogP contribution in [0.2, 0.25) is 0 Å². The van der Waals surface area contributed by atoms with Crippen LogP contribution in [0.3, 0.4) is 0 Å². The minimum Gasteiger partial charge on any atom is -0.448 e. The summed E-state index contributed by atoms with van der Waals surface area (Å²) in [6, 6.07) is 31.7. The number of benzene rings is 4. The predicted octanol–water partition coefficient (Wildman–Crippen LogP) is 7.80. The van der Waals surface area contributed by atoms with Gasteiger partial charge in [-0.25, -0.2) is 0 Å². The molecule has 47 heavy (non-hydrogen) atoms. The van der Waals surface area contributed by atoms with Crippen LogP contribution in [-0.2, 0) is 5.41 Å². The minimum absolute atomic E-state index is 0.00311. The number of pyridine rings is 2. The summed E-state index contributed by atoms with van der Waals surface area (Å²) in [6.45, 7) is 0. The number of carbonyl (C=O) groups excluding carboxylic acids is 1. The molecule has 6 aromatic rings. The van der Waals surface area contributed by atoms with Crippen LogP contribution in [0.4, 0.5) is 11.4 Å². The number of aromatic nitrogens is 2. The molecule has 11 heteroatoms. The second kappa shape index (κ2) is 11.6. The highest BCUT2D eigenvalue weighted by Gasteiger charge is 2.46. The number of carbonyl (C=O) groups is 1. The Labute approximate surface area is 267 Å². The zero-order chi connectivity index (χ0) is 32.5. The van der Waals surface area contributed by atoms with E-state index in [1.54, 1.807) is 36.4 Å². The average Bonchev–Trinajstić information content (AvgIpc) is 3.10. The summed E-state index contributed by atoms with van der Waals surface area (Å²) < 4.78 is 11.8. The Hall–Kier alpha value is -6.75. The third kappa shape index (κ3) is 4.92. The van der Waals surface area contributed by atoms with Gasteiger partial charge in [0, 0.05) is 35.7 Å². The molecule has 0 unspecified atom stereocenters. The Morgan fingerprint density at radius 2 is 0.957 bits per heavy atom. The first-order chi connectivity index (χ1) is 22.9. The van der Waals surface area contributed by atoms with Crippen molar-refractivity contribution in [2.24, 2.45) is 0 Å². The van der Waals surface area contributed by atoms with Crippen LogP contribution < -0.4 is 9.47 Å². The number of nitro groups is 2. The lowest BCUT2D eigenvalue weighted by atomic mass is 9.59. The van der Waals surface area contributed by atoms with Crippen molar-refractivity contribution in [3.05, 3.63) is 188 Å². The van der Waals surface area contributed by atoms with E-state index in [0.717, 1.165) is 22.3 Å². The lowest BCUT2D eigenvalue weighted by Crippen LogP contribution is -2.38. The third-order valence-corrected chi connectivity index (χ3v) is 8.10. The first-order valence-corrected chi connectivity index (χ1v) is 14.3. The first-order valence-electron chi connectivity index (χ1n) is 14.3. The van der Waals surface area contributed by atoms with Gasteiger partial charge in [-0.15, -0.1) is 0 Å². The fourth-order valence-corrected chi connectivity index (χ4v) is 6.10. The predicted molar refractivity (Wildman–Crippen MR) is 170 cm³/mol. The van der Waals surface area contributed by atoms with Gasteiger partial charge in [0.1, 0.15) is 11.5 Å². The van der Waals surface area contributed by atoms with E-state index in [1.165, 1.54) is 36.9 Å². The molecular weight excluding hydrogens is 600 g/mol. The lowest BCUT2D eigenvalue weighted by molar-refractivity contribution is -0.385. The van der Waals surface area contributed by atoms with Gasteiger partial charge in [-0.3, -0.25) is 35.0 Å². The fourth-order valence-electron chi connectivity index (χ4n) is 6.10. The van der Waals surface area contributed by atoms with Crippen LogP contribution in [-0.4, -0.2) is 25.6 Å². The summed E-state index contributed by atoms with van der Waals surface area (Å²) >= 11 is 0. The SMILES string of the molecule is O=C1c2ccccc2C(c2ccc(Oc3cnccc3[N+](=O)[O-])cc2)(c2ccc(Oc3cnccc3[N+](=O)[O-])cc2)c2ccccc21. The van der Waals surface area contributed by atoms with E-state index in [4.69, 9.17) is 9.47 Å². The summed E-state index contributed by atoms with van der Waals surface area (Å²) in [5.74, 6) is 0.622. The molecule has 1 aliphatic rings. The Morgan fingerprint density at radius 1 is 0.553 bits per heavy atom. The quantitative estimate of drug-likeness (QED) is 0.122. The molecule has 11 nitrogen and oxygen atoms in total. The highest BCUT2D eigenvalue weighted by molar-refractivity contribution is 6.14. The average molecular weight is 623 g/mol. The summed E-state index contributed by atoms with van der Waals surface area (Å²) in [5, 5.41) is 23.1. The molecule has 0 fully saturated rings. The van der Waals surface area contributed by atoms with Crippen molar-refractivity contribution in [3.8, 4) is 23.0 Å². The van der Waals surface area contributed by atoms with E-state index in [0.29, 0.717) is 22.6 Å². The Bertz CT molecular complexity index is 2030. The molecule has 0 radical (unpaired) electrons. The second-order valence-electron chi connectivity index (χ2n) is 10.6. The summed E-state index contributed by atoms with van der Waals surface area (Å²) in [6.07, 6.45) is 5.23. The molecule has 0 aliphatic heterocycles. The van der Waals surface area contributed by atoms with Crippen molar-refractivity contribution in [3.63, 3.8) is 0 Å². The van der Waals surface area contributed by atoms with Crippen LogP contribution >= 0.6 is 0 Å². The number of hydrogen-bond donors (Lipinski definition) is 0. The van der Waals surface area contributed by atoms with Gasteiger partial charge in [0.05, 0.1) is 27.7 Å². The van der Waals surface area contributed by atoms with Crippen molar-refractivity contribution < 1.29 is 24.1 Å². The fraction of sp³-hybridized carbons (Fsp3) is 0.0278. The molecule has 0 atom stereocenters. The van der Waals surface area contributed by atoms with Gasteiger partial charge < -0.3 is 9.47 Å². The molecule has 0 bridgehead atoms. The Balaban J connectivity index is 1.38. The molecule has 0 N–H and O–H groups in total. The monoisotopic (exact) mass is 622 g/mol. The van der Waals surface area contributed by atoms with Gasteiger partial charge in [-0.05, 0) is 46.5 Å². The second-order valence-corrected chi connectivity index (χ2v) is 10.6. The molecule has 1 aliphatic carbocycles. The molecule has 2 heterocycles. The van der Waals surface area contributed by atoms with Gasteiger partial charge in [-0.1, -0.05) is 72.8 Å². The standard InChI is InChI=1S/C36H22N4O7/c41-35-27-5-1-3-7-29(27)36(30-8-4-2-6-28(30)35,23-9-13-25(14-10-23)46-33-21-37-19-17-31(33)39(42)43)24-11-15-26(16-12-24)47-34-22-38-20-18-32(34)40(44)45/h1-22H. The van der Waals surface area contributed by atoms with Gasteiger partial charge in [-0.2, -0.15) is 0 Å². The van der Waals surface area contributed by atoms with Crippen molar-refractivity contribution in [1.29, 1.82) is 0 Å². The third-order valence-electron chi connectivity index (χ3n) is 8.10. The van der Waals surface area contributed by atoms with Crippen molar-refractivity contribution in [1.82, 2.24) is 9.97 Å². The van der Waals surface area contributed by atoms with E-state index in [9.17, 15) is 25.0 Å². The van der Waals surface area contributed by atoms with E-state index < -0.39 is 15.3 Å². The number of nitrogens with zero attached hydrogens (tertiary/aromatic N) is 4. The summed E-state index contributed by atoms with van der Waals surface area (Å²) in [5.41, 5.74) is 2.80. The van der Waals surface area contributed by atoms with E-state index in [-0.39, 0.29) is 28.7 Å². The number of ketones is 1. The van der Waals surface area contributed by atoms with Crippen molar-refractivity contribution in [2.75, 3.05) is 0 Å². The number of rotatable bonds is 8. The maximum Gasteiger partial charge on any atom is 0.314 e. The van der Waals surface area contributed by atoms with E-state index in [1.807, 2.05) is 60.7 Å². The Kier molecular flexibility index (Phi) is 7.18. The molecule has 2 aromatic heterocycles. The molecule has 0 amide bonds. The van der Waals surface area contributed by atoms with Crippen molar-refractivity contribution in [2.45, 2.75) is 5.41 Å². The normalized spacial score (nSPS) is 12.8. The maximum atomic E-state index is 13.8. The topological polar surface area (TPSA) is 148 Å². The minimum atomic E-state index is -0.987. The molecular formula is C36H22N4O7. The smallest absolute Gasteiger partial charge is 0.314 e. The zero-order valence-corrected chi connectivity index (χ0v) is 24.3. The van der Waals surface area contributed by atoms with Crippen LogP contribution in [0, 0.1) is 20.2 Å². The maximum absolute atomic E-state index is 13.8. The van der Waals surface area contributed by atoms with Crippen LogP contribution in [0.5, 0.6) is 23.0 Å². The van der Waals surface area contributed by atoms with Gasteiger partial charge in [0.25, 0.3) is 0 Å². The molecule has 7 rings (SSSR count). The molecule has 0 saturated heterocycles. The Morgan fingerprint density at radius 3 is 1.36 bits per heavy atom. The summed E-state index contributed by atoms with van der Waals surface area (Å²) in [4.78, 5) is 43.7. The van der Waals surface area contributed by atoms with Crippen LogP contribution in [0.25, 0.3) is 0 Å². The molecule has 4 aromatic carbocycles. The van der Waals surface area contributed by atoms with Gasteiger partial charge in [0.2, 0.25) is 11.5 Å².